The summed E-state index contributed by atoms with van der Waals surface area (Å²) in [5.74, 6) is 0.296. The molecule has 1 fully saturated rings. The van der Waals surface area contributed by atoms with E-state index in [1.54, 1.807) is 0 Å². The first-order valence-corrected chi connectivity index (χ1v) is 16.2. The molecule has 0 aromatic rings. The second-order valence-corrected chi connectivity index (χ2v) is 20.9. The van der Waals surface area contributed by atoms with Gasteiger partial charge in [0.25, 0.3) is 0 Å². The first-order valence-electron chi connectivity index (χ1n) is 10.4. The first-order chi connectivity index (χ1) is 11.9. The second kappa shape index (κ2) is 8.38. The van der Waals surface area contributed by atoms with Gasteiger partial charge in [0.05, 0.1) is 12.2 Å². The summed E-state index contributed by atoms with van der Waals surface area (Å²) in [5, 5.41) is 0.246. The maximum Gasteiger partial charge on any atom is 0.195 e. The Labute approximate surface area is 170 Å². The minimum Gasteiger partial charge on any atom is -0.413 e. The van der Waals surface area contributed by atoms with Crippen molar-refractivity contribution in [1.29, 1.82) is 0 Å². The maximum absolute atomic E-state index is 11.3. The van der Waals surface area contributed by atoms with Crippen molar-refractivity contribution in [3.8, 4) is 0 Å². The molecule has 0 aromatic carbocycles. The fourth-order valence-electron chi connectivity index (χ4n) is 2.96. The Morgan fingerprint density at radius 1 is 0.852 bits per heavy atom. The fraction of sp³-hybridized carbons (Fsp3) is 0.952. The molecule has 0 radical (unpaired) electrons. The van der Waals surface area contributed by atoms with Crippen LogP contribution in [0.25, 0.3) is 0 Å². The average molecular weight is 417 g/mol. The predicted octanol–water partition coefficient (Wildman–Crippen LogP) is 5.98. The molecule has 0 unspecified atom stereocenters. The quantitative estimate of drug-likeness (QED) is 0.394. The molecule has 0 N–H and O–H groups in total. The minimum atomic E-state index is -1.99. The highest BCUT2D eigenvalue weighted by Gasteiger charge is 2.50. The molecule has 1 aliphatic heterocycles. The van der Waals surface area contributed by atoms with Gasteiger partial charge in [0.1, 0.15) is 6.29 Å². The van der Waals surface area contributed by atoms with Gasteiger partial charge in [-0.3, -0.25) is 0 Å². The number of carbonyl (C=O) groups excluding carboxylic acids is 1. The molecule has 5 atom stereocenters. The first kappa shape index (κ1) is 25.0. The number of hydrogen-bond acceptors (Lipinski definition) is 4. The standard InChI is InChI=1S/C21H44O4Si2/c1-15-17(13-14-22)23-19(25-27(11,12)21(6,7)8)16(2)18(15)24-26(9,10)20(3,4)5/h14-19H,13H2,1-12H3/t15-,16+,17-,18-,19-/m0/s1. The number of hydrogen-bond donors (Lipinski definition) is 0. The van der Waals surface area contributed by atoms with E-state index in [-0.39, 0.29) is 40.4 Å². The van der Waals surface area contributed by atoms with Gasteiger partial charge in [0, 0.05) is 18.3 Å². The maximum atomic E-state index is 11.3. The summed E-state index contributed by atoms with van der Waals surface area (Å²) in [6.07, 6.45) is 0.927. The van der Waals surface area contributed by atoms with Gasteiger partial charge in [0.2, 0.25) is 0 Å². The van der Waals surface area contributed by atoms with Crippen LogP contribution in [-0.4, -0.2) is 41.4 Å². The Kier molecular flexibility index (Phi) is 7.77. The van der Waals surface area contributed by atoms with Crippen LogP contribution < -0.4 is 0 Å². The summed E-state index contributed by atoms with van der Waals surface area (Å²) in [4.78, 5) is 11.3. The van der Waals surface area contributed by atoms with E-state index in [9.17, 15) is 4.79 Å². The van der Waals surface area contributed by atoms with Gasteiger partial charge < -0.3 is 18.4 Å². The lowest BCUT2D eigenvalue weighted by atomic mass is 9.85. The number of rotatable bonds is 6. The molecular weight excluding hydrogens is 372 g/mol. The van der Waals surface area contributed by atoms with Gasteiger partial charge in [-0.1, -0.05) is 55.4 Å². The molecule has 0 bridgehead atoms. The SMILES string of the molecule is C[C@@H]1[C@H](O[Si](C)(C)C(C)(C)C)[C@@H](C)[C@H](O[Si](C)(C)C(C)(C)C)O[C@H]1CC=O. The number of ether oxygens (including phenoxy) is 1. The van der Waals surface area contributed by atoms with Crippen molar-refractivity contribution in [3.05, 3.63) is 0 Å². The summed E-state index contributed by atoms with van der Waals surface area (Å²) >= 11 is 0. The van der Waals surface area contributed by atoms with E-state index in [4.69, 9.17) is 13.6 Å². The van der Waals surface area contributed by atoms with Crippen LogP contribution in [0, 0.1) is 11.8 Å². The van der Waals surface area contributed by atoms with E-state index in [1.165, 1.54) is 0 Å². The highest BCUT2D eigenvalue weighted by atomic mass is 28.4. The topological polar surface area (TPSA) is 44.8 Å². The highest BCUT2D eigenvalue weighted by Crippen LogP contribution is 2.44. The number of carbonyl (C=O) groups is 1. The Bertz CT molecular complexity index is 505. The molecule has 4 nitrogen and oxygen atoms in total. The van der Waals surface area contributed by atoms with Crippen LogP contribution in [-0.2, 0) is 18.4 Å². The number of aldehydes is 1. The molecule has 1 aliphatic rings. The molecule has 0 spiro atoms. The lowest BCUT2D eigenvalue weighted by Gasteiger charge is -2.51. The molecule has 27 heavy (non-hydrogen) atoms. The Morgan fingerprint density at radius 3 is 1.70 bits per heavy atom. The largest absolute Gasteiger partial charge is 0.413 e. The van der Waals surface area contributed by atoms with Gasteiger partial charge in [-0.15, -0.1) is 0 Å². The summed E-state index contributed by atoms with van der Waals surface area (Å²) in [5.41, 5.74) is 0. The van der Waals surface area contributed by atoms with E-state index in [2.05, 4.69) is 81.6 Å². The third-order valence-electron chi connectivity index (χ3n) is 7.14. The van der Waals surface area contributed by atoms with Crippen molar-refractivity contribution in [2.24, 2.45) is 11.8 Å². The van der Waals surface area contributed by atoms with Gasteiger partial charge >= 0.3 is 0 Å². The minimum absolute atomic E-state index is 0.0411. The summed E-state index contributed by atoms with van der Waals surface area (Å²) in [6.45, 7) is 26.9. The molecule has 0 aromatic heterocycles. The zero-order chi connectivity index (χ0) is 21.4. The second-order valence-electron chi connectivity index (χ2n) is 11.4. The van der Waals surface area contributed by atoms with E-state index in [0.717, 1.165) is 6.29 Å². The van der Waals surface area contributed by atoms with E-state index in [1.807, 2.05) is 0 Å². The van der Waals surface area contributed by atoms with Gasteiger partial charge in [-0.2, -0.15) is 0 Å². The lowest BCUT2D eigenvalue weighted by Crippen LogP contribution is -2.58. The fourth-order valence-corrected chi connectivity index (χ4v) is 5.63. The van der Waals surface area contributed by atoms with Gasteiger partial charge in [-0.05, 0) is 36.3 Å². The normalized spacial score (nSPS) is 31.0. The van der Waals surface area contributed by atoms with E-state index < -0.39 is 16.6 Å². The lowest BCUT2D eigenvalue weighted by molar-refractivity contribution is -0.230. The van der Waals surface area contributed by atoms with Crippen molar-refractivity contribution >= 4 is 22.9 Å². The Hall–Kier alpha value is -0.0162. The summed E-state index contributed by atoms with van der Waals surface area (Å²) < 4.78 is 19.8. The van der Waals surface area contributed by atoms with Crippen molar-refractivity contribution in [2.75, 3.05) is 0 Å². The van der Waals surface area contributed by atoms with Crippen LogP contribution in [0.15, 0.2) is 0 Å². The zero-order valence-electron chi connectivity index (χ0n) is 19.8. The van der Waals surface area contributed by atoms with Crippen molar-refractivity contribution in [3.63, 3.8) is 0 Å². The molecule has 160 valence electrons. The van der Waals surface area contributed by atoms with E-state index >= 15 is 0 Å². The van der Waals surface area contributed by atoms with Crippen molar-refractivity contribution in [1.82, 2.24) is 0 Å². The van der Waals surface area contributed by atoms with Crippen molar-refractivity contribution in [2.45, 2.75) is 117 Å². The average Bonchev–Trinajstić information content (AvgIpc) is 2.46. The van der Waals surface area contributed by atoms with Crippen LogP contribution >= 0.6 is 0 Å². The van der Waals surface area contributed by atoms with Crippen LogP contribution in [0.3, 0.4) is 0 Å². The van der Waals surface area contributed by atoms with Crippen LogP contribution in [0.5, 0.6) is 0 Å². The molecule has 1 heterocycles. The Morgan fingerprint density at radius 2 is 1.30 bits per heavy atom. The van der Waals surface area contributed by atoms with Crippen LogP contribution in [0.1, 0.15) is 61.8 Å². The van der Waals surface area contributed by atoms with Crippen LogP contribution in [0.4, 0.5) is 0 Å². The van der Waals surface area contributed by atoms with Crippen molar-refractivity contribution < 1.29 is 18.4 Å². The van der Waals surface area contributed by atoms with E-state index in [0.29, 0.717) is 6.42 Å². The monoisotopic (exact) mass is 416 g/mol. The third kappa shape index (κ3) is 5.75. The molecule has 0 amide bonds. The molecule has 1 saturated heterocycles. The molecule has 6 heteroatoms. The smallest absolute Gasteiger partial charge is 0.195 e. The van der Waals surface area contributed by atoms with Gasteiger partial charge in [-0.25, -0.2) is 0 Å². The third-order valence-corrected chi connectivity index (χ3v) is 16.1. The highest BCUT2D eigenvalue weighted by molar-refractivity contribution is 6.74. The molecular formula is C21H44O4Si2. The van der Waals surface area contributed by atoms with Gasteiger partial charge in [0.15, 0.2) is 22.9 Å². The molecule has 0 aliphatic carbocycles. The Balaban J connectivity index is 3.16. The molecule has 0 saturated carbocycles. The molecule has 1 rings (SSSR count). The summed E-state index contributed by atoms with van der Waals surface area (Å²) in [6, 6.07) is 0. The predicted molar refractivity (Wildman–Crippen MR) is 118 cm³/mol. The zero-order valence-corrected chi connectivity index (χ0v) is 21.8. The van der Waals surface area contributed by atoms with Crippen LogP contribution in [0.2, 0.25) is 36.3 Å². The summed E-state index contributed by atoms with van der Waals surface area (Å²) in [7, 11) is -3.93.